The molecule has 0 saturated heterocycles. The number of fused-ring (bicyclic) bond motifs is 1. The SMILES string of the molecule is COc1cnc(-c2cnc3[nH]ccc3c2Cl)o1. The van der Waals surface area contributed by atoms with Crippen molar-refractivity contribution in [1.82, 2.24) is 15.0 Å². The third kappa shape index (κ3) is 1.55. The van der Waals surface area contributed by atoms with Crippen LogP contribution in [-0.2, 0) is 0 Å². The first kappa shape index (κ1) is 10.2. The second-order valence-corrected chi connectivity index (χ2v) is 3.79. The van der Waals surface area contributed by atoms with Crippen LogP contribution in [0.3, 0.4) is 0 Å². The number of nitrogens with zero attached hydrogens (tertiary/aromatic N) is 2. The van der Waals surface area contributed by atoms with E-state index in [-0.39, 0.29) is 0 Å². The van der Waals surface area contributed by atoms with Crippen LogP contribution in [0.15, 0.2) is 29.1 Å². The number of oxazole rings is 1. The molecule has 0 aliphatic rings. The van der Waals surface area contributed by atoms with Crippen molar-refractivity contribution in [2.45, 2.75) is 0 Å². The fourth-order valence-electron chi connectivity index (χ4n) is 1.60. The number of hydrogen-bond donors (Lipinski definition) is 1. The minimum Gasteiger partial charge on any atom is -0.467 e. The third-order valence-electron chi connectivity index (χ3n) is 2.44. The van der Waals surface area contributed by atoms with Crippen molar-refractivity contribution >= 4 is 22.6 Å². The molecular formula is C11H8ClN3O2. The quantitative estimate of drug-likeness (QED) is 0.758. The molecule has 0 aliphatic heterocycles. The number of ether oxygens (including phenoxy) is 1. The molecule has 0 unspecified atom stereocenters. The minimum atomic E-state index is 0.338. The van der Waals surface area contributed by atoms with Gasteiger partial charge in [0, 0.05) is 17.8 Å². The maximum Gasteiger partial charge on any atom is 0.305 e. The Labute approximate surface area is 101 Å². The van der Waals surface area contributed by atoms with Gasteiger partial charge in [0.2, 0.25) is 5.89 Å². The Morgan fingerprint density at radius 3 is 3.00 bits per heavy atom. The number of pyridine rings is 1. The van der Waals surface area contributed by atoms with Gasteiger partial charge in [0.1, 0.15) is 11.8 Å². The average molecular weight is 250 g/mol. The molecule has 0 amide bonds. The number of hydrogen-bond acceptors (Lipinski definition) is 4. The highest BCUT2D eigenvalue weighted by Crippen LogP contribution is 2.33. The summed E-state index contributed by atoms with van der Waals surface area (Å²) in [7, 11) is 1.51. The van der Waals surface area contributed by atoms with Crippen LogP contribution in [0, 0.1) is 0 Å². The van der Waals surface area contributed by atoms with Crippen molar-refractivity contribution in [2.24, 2.45) is 0 Å². The van der Waals surface area contributed by atoms with Gasteiger partial charge in [0.15, 0.2) is 0 Å². The summed E-state index contributed by atoms with van der Waals surface area (Å²) < 4.78 is 10.3. The van der Waals surface area contributed by atoms with Crippen LogP contribution in [0.1, 0.15) is 0 Å². The zero-order valence-corrected chi connectivity index (χ0v) is 9.65. The zero-order chi connectivity index (χ0) is 11.8. The van der Waals surface area contributed by atoms with Gasteiger partial charge in [-0.1, -0.05) is 11.6 Å². The van der Waals surface area contributed by atoms with Gasteiger partial charge in [0.05, 0.1) is 17.7 Å². The Hall–Kier alpha value is -2.01. The summed E-state index contributed by atoms with van der Waals surface area (Å²) in [4.78, 5) is 11.3. The number of nitrogens with one attached hydrogen (secondary N) is 1. The first-order chi connectivity index (χ1) is 8.29. The molecule has 0 bridgehead atoms. The normalized spacial score (nSPS) is 10.9. The Bertz CT molecular complexity index is 674. The van der Waals surface area contributed by atoms with E-state index < -0.39 is 0 Å². The lowest BCUT2D eigenvalue weighted by atomic mass is 10.2. The molecule has 0 radical (unpaired) electrons. The molecule has 6 heteroatoms. The zero-order valence-electron chi connectivity index (χ0n) is 8.90. The summed E-state index contributed by atoms with van der Waals surface area (Å²) in [6.45, 7) is 0. The summed E-state index contributed by atoms with van der Waals surface area (Å²) in [5.74, 6) is 0.729. The van der Waals surface area contributed by atoms with Crippen LogP contribution in [0.25, 0.3) is 22.5 Å². The lowest BCUT2D eigenvalue weighted by molar-refractivity contribution is 0.309. The number of halogens is 1. The number of aromatic nitrogens is 3. The maximum absolute atomic E-state index is 6.27. The van der Waals surface area contributed by atoms with Crippen molar-refractivity contribution in [2.75, 3.05) is 7.11 Å². The summed E-state index contributed by atoms with van der Waals surface area (Å²) in [5, 5.41) is 1.39. The van der Waals surface area contributed by atoms with E-state index in [1.54, 1.807) is 12.4 Å². The lowest BCUT2D eigenvalue weighted by Crippen LogP contribution is -1.84. The molecule has 5 nitrogen and oxygen atoms in total. The topological polar surface area (TPSA) is 63.9 Å². The van der Waals surface area contributed by atoms with E-state index >= 15 is 0 Å². The molecule has 1 N–H and O–H groups in total. The monoisotopic (exact) mass is 249 g/mol. The van der Waals surface area contributed by atoms with Crippen LogP contribution < -0.4 is 4.74 Å². The smallest absolute Gasteiger partial charge is 0.305 e. The molecule has 86 valence electrons. The molecule has 3 aromatic rings. The number of aromatic amines is 1. The number of methoxy groups -OCH3 is 1. The van der Waals surface area contributed by atoms with Crippen molar-refractivity contribution in [1.29, 1.82) is 0 Å². The second kappa shape index (κ2) is 3.78. The first-order valence-electron chi connectivity index (χ1n) is 4.91. The van der Waals surface area contributed by atoms with Crippen molar-refractivity contribution in [3.8, 4) is 17.4 Å². The van der Waals surface area contributed by atoms with E-state index in [1.165, 1.54) is 13.3 Å². The summed E-state index contributed by atoms with van der Waals surface area (Å²) in [6, 6.07) is 1.86. The van der Waals surface area contributed by atoms with Crippen LogP contribution in [0.2, 0.25) is 5.02 Å². The Morgan fingerprint density at radius 2 is 2.24 bits per heavy atom. The average Bonchev–Trinajstić information content (AvgIpc) is 2.97. The molecule has 0 aromatic carbocycles. The van der Waals surface area contributed by atoms with E-state index in [0.717, 1.165) is 11.0 Å². The minimum absolute atomic E-state index is 0.338. The molecule has 3 heterocycles. The summed E-state index contributed by atoms with van der Waals surface area (Å²) >= 11 is 6.27. The van der Waals surface area contributed by atoms with Gasteiger partial charge in [-0.15, -0.1) is 0 Å². The second-order valence-electron chi connectivity index (χ2n) is 3.41. The van der Waals surface area contributed by atoms with Gasteiger partial charge >= 0.3 is 5.95 Å². The molecular weight excluding hydrogens is 242 g/mol. The van der Waals surface area contributed by atoms with E-state index in [0.29, 0.717) is 22.4 Å². The third-order valence-corrected chi connectivity index (χ3v) is 2.84. The highest BCUT2D eigenvalue weighted by molar-refractivity contribution is 6.37. The standard InChI is InChI=1S/C11H8ClN3O2/c1-16-8-5-15-11(17-8)7-4-14-10-6(9(7)12)2-3-13-10/h2-5H,1H3,(H,13,14). The van der Waals surface area contributed by atoms with Crippen LogP contribution >= 0.6 is 11.6 Å². The predicted molar refractivity (Wildman–Crippen MR) is 63.2 cm³/mol. The van der Waals surface area contributed by atoms with Crippen molar-refractivity contribution < 1.29 is 9.15 Å². The van der Waals surface area contributed by atoms with E-state index in [2.05, 4.69) is 15.0 Å². The molecule has 0 aliphatic carbocycles. The van der Waals surface area contributed by atoms with Gasteiger partial charge in [-0.05, 0) is 6.07 Å². The predicted octanol–water partition coefficient (Wildman–Crippen LogP) is 2.88. The van der Waals surface area contributed by atoms with E-state index in [4.69, 9.17) is 20.8 Å². The van der Waals surface area contributed by atoms with Crippen molar-refractivity contribution in [3.63, 3.8) is 0 Å². The highest BCUT2D eigenvalue weighted by Gasteiger charge is 2.14. The van der Waals surface area contributed by atoms with Crippen molar-refractivity contribution in [3.05, 3.63) is 29.7 Å². The maximum atomic E-state index is 6.27. The first-order valence-corrected chi connectivity index (χ1v) is 5.29. The van der Waals surface area contributed by atoms with Gasteiger partial charge in [-0.2, -0.15) is 0 Å². The Morgan fingerprint density at radius 1 is 1.35 bits per heavy atom. The Balaban J connectivity index is 2.19. The fraction of sp³-hybridized carbons (Fsp3) is 0.0909. The van der Waals surface area contributed by atoms with Gasteiger partial charge in [0.25, 0.3) is 0 Å². The Kier molecular flexibility index (Phi) is 2.26. The molecule has 0 saturated carbocycles. The molecule has 0 fully saturated rings. The van der Waals surface area contributed by atoms with Gasteiger partial charge < -0.3 is 14.1 Å². The van der Waals surface area contributed by atoms with Gasteiger partial charge in [-0.25, -0.2) is 9.97 Å². The highest BCUT2D eigenvalue weighted by atomic mass is 35.5. The number of rotatable bonds is 2. The van der Waals surface area contributed by atoms with E-state index in [1.807, 2.05) is 6.07 Å². The van der Waals surface area contributed by atoms with Gasteiger partial charge in [-0.3, -0.25) is 0 Å². The summed E-state index contributed by atoms with van der Waals surface area (Å²) in [6.07, 6.45) is 4.89. The van der Waals surface area contributed by atoms with Crippen LogP contribution in [0.5, 0.6) is 5.95 Å². The number of H-pyrrole nitrogens is 1. The molecule has 3 rings (SSSR count). The molecule has 0 atom stereocenters. The largest absolute Gasteiger partial charge is 0.467 e. The molecule has 3 aromatic heterocycles. The fourth-order valence-corrected chi connectivity index (χ4v) is 1.88. The molecule has 0 spiro atoms. The molecule has 17 heavy (non-hydrogen) atoms. The van der Waals surface area contributed by atoms with E-state index in [9.17, 15) is 0 Å². The van der Waals surface area contributed by atoms with Crippen LogP contribution in [-0.4, -0.2) is 22.1 Å². The van der Waals surface area contributed by atoms with Crippen LogP contribution in [0.4, 0.5) is 0 Å². The lowest BCUT2D eigenvalue weighted by Gasteiger charge is -2.00. The summed E-state index contributed by atoms with van der Waals surface area (Å²) in [5.41, 5.74) is 1.37.